The van der Waals surface area contributed by atoms with E-state index in [0.29, 0.717) is 11.5 Å². The lowest BCUT2D eigenvalue weighted by Gasteiger charge is -2.11. The van der Waals surface area contributed by atoms with Crippen LogP contribution in [-0.4, -0.2) is 30.2 Å². The summed E-state index contributed by atoms with van der Waals surface area (Å²) in [5.74, 6) is 0.714. The molecule has 5 heteroatoms. The van der Waals surface area contributed by atoms with Crippen molar-refractivity contribution in [1.82, 2.24) is 0 Å². The maximum absolute atomic E-state index is 12.1. The van der Waals surface area contributed by atoms with Gasteiger partial charge in [0.05, 0.1) is 25.9 Å². The first-order chi connectivity index (χ1) is 8.97. The van der Waals surface area contributed by atoms with Gasteiger partial charge in [-0.15, -0.1) is 0 Å². The predicted molar refractivity (Wildman–Crippen MR) is 75.6 cm³/mol. The molecule has 106 valence electrons. The fourth-order valence-electron chi connectivity index (χ4n) is 1.80. The van der Waals surface area contributed by atoms with Crippen LogP contribution in [0.4, 0.5) is 0 Å². The maximum atomic E-state index is 12.1. The molecular formula is C14H20O4S. The molecule has 1 aromatic carbocycles. The number of esters is 1. The zero-order chi connectivity index (χ0) is 14.4. The Morgan fingerprint density at radius 2 is 2.05 bits per heavy atom. The molecule has 0 heterocycles. The Morgan fingerprint density at radius 3 is 2.63 bits per heavy atom. The van der Waals surface area contributed by atoms with Crippen LogP contribution in [0.25, 0.3) is 0 Å². The van der Waals surface area contributed by atoms with Gasteiger partial charge in [0, 0.05) is 22.1 Å². The van der Waals surface area contributed by atoms with E-state index >= 15 is 0 Å². The molecule has 0 bridgehead atoms. The van der Waals surface area contributed by atoms with Crippen LogP contribution < -0.4 is 4.74 Å². The van der Waals surface area contributed by atoms with Crippen LogP contribution in [0.2, 0.25) is 0 Å². The van der Waals surface area contributed by atoms with Crippen molar-refractivity contribution >= 4 is 16.8 Å². The lowest BCUT2D eigenvalue weighted by atomic mass is 10.1. The fourth-order valence-corrected chi connectivity index (χ4v) is 3.18. The van der Waals surface area contributed by atoms with Crippen LogP contribution in [-0.2, 0) is 26.1 Å². The molecule has 1 aromatic rings. The van der Waals surface area contributed by atoms with E-state index in [1.165, 1.54) is 7.11 Å². The van der Waals surface area contributed by atoms with E-state index < -0.39 is 10.8 Å². The molecule has 0 N–H and O–H groups in total. The molecule has 0 saturated heterocycles. The Kier molecular flexibility index (Phi) is 6.02. The lowest BCUT2D eigenvalue weighted by molar-refractivity contribution is -0.144. The van der Waals surface area contributed by atoms with Gasteiger partial charge in [0.1, 0.15) is 5.75 Å². The molecule has 0 saturated carbocycles. The SMILES string of the molecule is COC(=O)C(C)CS(=O)Cc1cc(C)ccc1OC. The molecule has 19 heavy (non-hydrogen) atoms. The summed E-state index contributed by atoms with van der Waals surface area (Å²) in [7, 11) is 1.81. The van der Waals surface area contributed by atoms with Gasteiger partial charge in [-0.1, -0.05) is 24.6 Å². The van der Waals surface area contributed by atoms with Gasteiger partial charge >= 0.3 is 5.97 Å². The number of benzene rings is 1. The van der Waals surface area contributed by atoms with Crippen molar-refractivity contribution in [1.29, 1.82) is 0 Å². The van der Waals surface area contributed by atoms with Gasteiger partial charge < -0.3 is 9.47 Å². The van der Waals surface area contributed by atoms with Gasteiger partial charge in [-0.25, -0.2) is 0 Å². The Labute approximate surface area is 116 Å². The summed E-state index contributed by atoms with van der Waals surface area (Å²) in [6.07, 6.45) is 0. The van der Waals surface area contributed by atoms with Gasteiger partial charge in [0.15, 0.2) is 0 Å². The van der Waals surface area contributed by atoms with Crippen LogP contribution in [0.1, 0.15) is 18.1 Å². The number of hydrogen-bond acceptors (Lipinski definition) is 4. The van der Waals surface area contributed by atoms with Crippen molar-refractivity contribution in [2.24, 2.45) is 5.92 Å². The van der Waals surface area contributed by atoms with Crippen LogP contribution in [0.3, 0.4) is 0 Å². The summed E-state index contributed by atoms with van der Waals surface area (Å²) in [6, 6.07) is 5.77. The van der Waals surface area contributed by atoms with Gasteiger partial charge in [-0.05, 0) is 13.0 Å². The number of hydrogen-bond donors (Lipinski definition) is 0. The molecule has 0 aliphatic carbocycles. The third-order valence-corrected chi connectivity index (χ3v) is 4.30. The zero-order valence-corrected chi connectivity index (χ0v) is 12.6. The highest BCUT2D eigenvalue weighted by Crippen LogP contribution is 2.21. The third kappa shape index (κ3) is 4.67. The van der Waals surface area contributed by atoms with E-state index in [0.717, 1.165) is 16.9 Å². The highest BCUT2D eigenvalue weighted by molar-refractivity contribution is 7.84. The molecule has 0 aliphatic rings. The zero-order valence-electron chi connectivity index (χ0n) is 11.8. The number of carbonyl (C=O) groups excluding carboxylic acids is 1. The van der Waals surface area contributed by atoms with Crippen molar-refractivity contribution < 1.29 is 18.5 Å². The molecule has 4 nitrogen and oxygen atoms in total. The summed E-state index contributed by atoms with van der Waals surface area (Å²) < 4.78 is 21.9. The lowest BCUT2D eigenvalue weighted by Crippen LogP contribution is -2.20. The summed E-state index contributed by atoms with van der Waals surface area (Å²) >= 11 is 0. The Balaban J connectivity index is 2.71. The average Bonchev–Trinajstić information content (AvgIpc) is 2.37. The van der Waals surface area contributed by atoms with E-state index in [9.17, 15) is 9.00 Å². The molecule has 1 rings (SSSR count). The average molecular weight is 284 g/mol. The number of rotatable bonds is 6. The minimum atomic E-state index is -1.12. The van der Waals surface area contributed by atoms with E-state index in [1.54, 1.807) is 14.0 Å². The van der Waals surface area contributed by atoms with E-state index in [4.69, 9.17) is 4.74 Å². The summed E-state index contributed by atoms with van der Waals surface area (Å²) in [5, 5.41) is 0. The molecule has 0 spiro atoms. The summed E-state index contributed by atoms with van der Waals surface area (Å²) in [4.78, 5) is 11.3. The van der Waals surface area contributed by atoms with Crippen LogP contribution in [0, 0.1) is 12.8 Å². The molecule has 0 radical (unpaired) electrons. The molecule has 2 atom stereocenters. The van der Waals surface area contributed by atoms with Gasteiger partial charge in [-0.3, -0.25) is 9.00 Å². The Morgan fingerprint density at radius 1 is 1.37 bits per heavy atom. The maximum Gasteiger partial charge on any atom is 0.309 e. The summed E-state index contributed by atoms with van der Waals surface area (Å²) in [6.45, 7) is 3.69. The Hall–Kier alpha value is -1.36. The first-order valence-corrected chi connectivity index (χ1v) is 7.53. The van der Waals surface area contributed by atoms with Gasteiger partial charge in [-0.2, -0.15) is 0 Å². The van der Waals surface area contributed by atoms with E-state index in [-0.39, 0.29) is 11.9 Å². The molecule has 2 unspecified atom stereocenters. The smallest absolute Gasteiger partial charge is 0.309 e. The molecule has 0 aliphatic heterocycles. The van der Waals surface area contributed by atoms with Gasteiger partial charge in [0.2, 0.25) is 0 Å². The quantitative estimate of drug-likeness (QED) is 0.750. The second-order valence-corrected chi connectivity index (χ2v) is 5.99. The van der Waals surface area contributed by atoms with Crippen molar-refractivity contribution in [3.8, 4) is 5.75 Å². The van der Waals surface area contributed by atoms with Crippen LogP contribution in [0.5, 0.6) is 5.75 Å². The Bertz CT molecular complexity index is 471. The van der Waals surface area contributed by atoms with Crippen molar-refractivity contribution in [2.45, 2.75) is 19.6 Å². The molecular weight excluding hydrogens is 264 g/mol. The minimum Gasteiger partial charge on any atom is -0.496 e. The van der Waals surface area contributed by atoms with Crippen LogP contribution >= 0.6 is 0 Å². The van der Waals surface area contributed by atoms with Crippen molar-refractivity contribution in [3.63, 3.8) is 0 Å². The topological polar surface area (TPSA) is 52.6 Å². The largest absolute Gasteiger partial charge is 0.496 e. The van der Waals surface area contributed by atoms with Crippen molar-refractivity contribution in [3.05, 3.63) is 29.3 Å². The van der Waals surface area contributed by atoms with Crippen molar-refractivity contribution in [2.75, 3.05) is 20.0 Å². The highest BCUT2D eigenvalue weighted by atomic mass is 32.2. The number of ether oxygens (including phenoxy) is 2. The normalized spacial score (nSPS) is 13.7. The number of carbonyl (C=O) groups is 1. The van der Waals surface area contributed by atoms with E-state index in [2.05, 4.69) is 4.74 Å². The monoisotopic (exact) mass is 284 g/mol. The number of methoxy groups -OCH3 is 2. The first kappa shape index (κ1) is 15.7. The molecule has 0 amide bonds. The standard InChI is InChI=1S/C14H20O4S/c1-10-5-6-13(17-3)12(7-10)9-19(16)8-11(2)14(15)18-4/h5-7,11H,8-9H2,1-4H3. The third-order valence-electron chi connectivity index (χ3n) is 2.79. The fraction of sp³-hybridized carbons (Fsp3) is 0.500. The molecule has 0 fully saturated rings. The number of aryl methyl sites for hydroxylation is 1. The second kappa shape index (κ2) is 7.28. The van der Waals surface area contributed by atoms with Gasteiger partial charge in [0.25, 0.3) is 0 Å². The minimum absolute atomic E-state index is 0.295. The summed E-state index contributed by atoms with van der Waals surface area (Å²) in [5.41, 5.74) is 1.99. The first-order valence-electron chi connectivity index (χ1n) is 6.04. The van der Waals surface area contributed by atoms with E-state index in [1.807, 2.05) is 25.1 Å². The molecule has 0 aromatic heterocycles. The highest BCUT2D eigenvalue weighted by Gasteiger charge is 2.17. The second-order valence-electron chi connectivity index (χ2n) is 4.49. The predicted octanol–water partition coefficient (Wildman–Crippen LogP) is 2.06. The van der Waals surface area contributed by atoms with Crippen LogP contribution in [0.15, 0.2) is 18.2 Å².